The van der Waals surface area contributed by atoms with Crippen molar-refractivity contribution in [2.45, 2.75) is 36.8 Å². The van der Waals surface area contributed by atoms with Gasteiger partial charge in [0.1, 0.15) is 5.54 Å². The molecule has 0 unspecified atom stereocenters. The van der Waals surface area contributed by atoms with E-state index in [9.17, 15) is 15.0 Å². The Hall–Kier alpha value is -1.39. The highest BCUT2D eigenvalue weighted by molar-refractivity contribution is 5.80. The summed E-state index contributed by atoms with van der Waals surface area (Å²) in [4.78, 5) is 11.4. The first kappa shape index (κ1) is 12.1. The van der Waals surface area contributed by atoms with Crippen molar-refractivity contribution < 1.29 is 15.0 Å². The molecule has 1 aliphatic rings. The van der Waals surface area contributed by atoms with Crippen molar-refractivity contribution in [3.05, 3.63) is 35.9 Å². The summed E-state index contributed by atoms with van der Waals surface area (Å²) in [5.74, 6) is -1.27. The van der Waals surface area contributed by atoms with Crippen LogP contribution in [-0.4, -0.2) is 27.8 Å². The van der Waals surface area contributed by atoms with E-state index in [1.54, 1.807) is 0 Å². The van der Waals surface area contributed by atoms with E-state index in [-0.39, 0.29) is 12.3 Å². The lowest BCUT2D eigenvalue weighted by atomic mass is 9.69. The molecule has 4 N–H and O–H groups in total. The normalized spacial score (nSPS) is 33.3. The fourth-order valence-electron chi connectivity index (χ4n) is 2.64. The lowest BCUT2D eigenvalue weighted by molar-refractivity contribution is -0.147. The molecular weight excluding hydrogens is 218 g/mol. The van der Waals surface area contributed by atoms with Gasteiger partial charge in [-0.2, -0.15) is 0 Å². The zero-order valence-electron chi connectivity index (χ0n) is 9.54. The highest BCUT2D eigenvalue weighted by Crippen LogP contribution is 2.39. The van der Waals surface area contributed by atoms with E-state index in [0.29, 0.717) is 12.8 Å². The molecule has 1 fully saturated rings. The van der Waals surface area contributed by atoms with E-state index < -0.39 is 17.6 Å². The van der Waals surface area contributed by atoms with Crippen molar-refractivity contribution >= 4 is 5.97 Å². The molecule has 3 atom stereocenters. The van der Waals surface area contributed by atoms with E-state index in [1.807, 2.05) is 30.3 Å². The molecular formula is C13H17NO3. The third kappa shape index (κ3) is 2.18. The Morgan fingerprint density at radius 2 is 1.94 bits per heavy atom. The molecule has 17 heavy (non-hydrogen) atoms. The van der Waals surface area contributed by atoms with Crippen LogP contribution in [0, 0.1) is 0 Å². The number of benzene rings is 1. The van der Waals surface area contributed by atoms with E-state index in [0.717, 1.165) is 5.56 Å². The molecule has 4 heteroatoms. The molecule has 1 aliphatic carbocycles. The van der Waals surface area contributed by atoms with Crippen molar-refractivity contribution in [2.24, 2.45) is 5.73 Å². The molecule has 92 valence electrons. The quantitative estimate of drug-likeness (QED) is 0.716. The summed E-state index contributed by atoms with van der Waals surface area (Å²) in [6, 6.07) is 9.44. The average Bonchev–Trinajstić information content (AvgIpc) is 2.30. The summed E-state index contributed by atoms with van der Waals surface area (Å²) < 4.78 is 0. The molecule has 0 radical (unpaired) electrons. The van der Waals surface area contributed by atoms with Crippen LogP contribution in [-0.2, 0) is 4.79 Å². The molecule has 1 aromatic carbocycles. The van der Waals surface area contributed by atoms with Crippen LogP contribution in [0.2, 0.25) is 0 Å². The van der Waals surface area contributed by atoms with Crippen molar-refractivity contribution in [2.75, 3.05) is 0 Å². The topological polar surface area (TPSA) is 83.6 Å². The van der Waals surface area contributed by atoms with Crippen LogP contribution in [0.1, 0.15) is 30.7 Å². The van der Waals surface area contributed by atoms with Gasteiger partial charge >= 0.3 is 5.97 Å². The van der Waals surface area contributed by atoms with Crippen LogP contribution in [0.5, 0.6) is 0 Å². The largest absolute Gasteiger partial charge is 0.480 e. The zero-order chi connectivity index (χ0) is 12.5. The first-order valence-corrected chi connectivity index (χ1v) is 5.79. The van der Waals surface area contributed by atoms with Crippen LogP contribution in [0.4, 0.5) is 0 Å². The maximum Gasteiger partial charge on any atom is 0.324 e. The van der Waals surface area contributed by atoms with Crippen molar-refractivity contribution in [1.82, 2.24) is 0 Å². The van der Waals surface area contributed by atoms with Gasteiger partial charge in [-0.15, -0.1) is 0 Å². The van der Waals surface area contributed by atoms with Gasteiger partial charge in [0.05, 0.1) is 6.10 Å². The number of aliphatic hydroxyl groups is 1. The predicted octanol–water partition coefficient (Wildman–Crippen LogP) is 1.10. The van der Waals surface area contributed by atoms with Gasteiger partial charge in [0.15, 0.2) is 0 Å². The summed E-state index contributed by atoms with van der Waals surface area (Å²) in [6.07, 6.45) is 0.706. The summed E-state index contributed by atoms with van der Waals surface area (Å²) in [7, 11) is 0. The van der Waals surface area contributed by atoms with Gasteiger partial charge in [-0.05, 0) is 18.4 Å². The van der Waals surface area contributed by atoms with Gasteiger partial charge in [-0.25, -0.2) is 0 Å². The average molecular weight is 235 g/mol. The van der Waals surface area contributed by atoms with Gasteiger partial charge < -0.3 is 15.9 Å². The Morgan fingerprint density at radius 3 is 2.53 bits per heavy atom. The monoisotopic (exact) mass is 235 g/mol. The number of aliphatic carboxylic acids is 1. The van der Waals surface area contributed by atoms with E-state index in [2.05, 4.69) is 0 Å². The van der Waals surface area contributed by atoms with Crippen molar-refractivity contribution in [3.63, 3.8) is 0 Å². The van der Waals surface area contributed by atoms with Crippen LogP contribution in [0.15, 0.2) is 30.3 Å². The molecule has 1 aromatic rings. The fourth-order valence-corrected chi connectivity index (χ4v) is 2.64. The minimum Gasteiger partial charge on any atom is -0.480 e. The van der Waals surface area contributed by atoms with Crippen molar-refractivity contribution in [1.29, 1.82) is 0 Å². The molecule has 0 aromatic heterocycles. The Labute approximate surface area is 100 Å². The SMILES string of the molecule is N[C@@]1(C(=O)O)C[C@@H](O)CC[C@H]1c1ccccc1. The van der Waals surface area contributed by atoms with Gasteiger partial charge in [0.2, 0.25) is 0 Å². The number of hydrogen-bond acceptors (Lipinski definition) is 3. The summed E-state index contributed by atoms with van der Waals surface area (Å²) in [5.41, 5.74) is 5.58. The molecule has 0 heterocycles. The number of hydrogen-bond donors (Lipinski definition) is 3. The minimum atomic E-state index is -1.36. The highest BCUT2D eigenvalue weighted by Gasteiger charge is 2.47. The second-order valence-corrected chi connectivity index (χ2v) is 4.74. The van der Waals surface area contributed by atoms with Crippen LogP contribution >= 0.6 is 0 Å². The Balaban J connectivity index is 2.35. The van der Waals surface area contributed by atoms with Gasteiger partial charge in [-0.3, -0.25) is 4.79 Å². The minimum absolute atomic E-state index is 0.113. The standard InChI is InChI=1S/C13H17NO3/c14-13(12(16)17)8-10(15)6-7-11(13)9-4-2-1-3-5-9/h1-5,10-11,15H,6-8,14H2,(H,16,17)/t10-,11-,13-/m0/s1. The lowest BCUT2D eigenvalue weighted by Gasteiger charge is -2.40. The Kier molecular flexibility index (Phi) is 3.17. The predicted molar refractivity (Wildman–Crippen MR) is 63.6 cm³/mol. The molecule has 1 saturated carbocycles. The first-order chi connectivity index (χ1) is 8.04. The number of carbonyl (C=O) groups is 1. The molecule has 4 nitrogen and oxygen atoms in total. The third-order valence-electron chi connectivity index (χ3n) is 3.58. The number of aliphatic hydroxyl groups excluding tert-OH is 1. The molecule has 0 amide bonds. The summed E-state index contributed by atoms with van der Waals surface area (Å²) in [6.45, 7) is 0. The molecule has 0 aliphatic heterocycles. The summed E-state index contributed by atoms with van der Waals surface area (Å²) in [5, 5.41) is 18.9. The van der Waals surface area contributed by atoms with Crippen LogP contribution in [0.25, 0.3) is 0 Å². The first-order valence-electron chi connectivity index (χ1n) is 5.79. The maximum atomic E-state index is 11.4. The number of rotatable bonds is 2. The number of carboxylic acid groups (broad SMARTS) is 1. The second kappa shape index (κ2) is 4.47. The molecule has 0 saturated heterocycles. The second-order valence-electron chi connectivity index (χ2n) is 4.74. The number of nitrogens with two attached hydrogens (primary N) is 1. The highest BCUT2D eigenvalue weighted by atomic mass is 16.4. The number of carboxylic acids is 1. The van der Waals surface area contributed by atoms with Crippen molar-refractivity contribution in [3.8, 4) is 0 Å². The van der Waals surface area contributed by atoms with E-state index in [1.165, 1.54) is 0 Å². The van der Waals surface area contributed by atoms with E-state index >= 15 is 0 Å². The summed E-state index contributed by atoms with van der Waals surface area (Å²) >= 11 is 0. The maximum absolute atomic E-state index is 11.4. The van der Waals surface area contributed by atoms with E-state index in [4.69, 9.17) is 5.73 Å². The van der Waals surface area contributed by atoms with Gasteiger partial charge in [0.25, 0.3) is 0 Å². The fraction of sp³-hybridized carbons (Fsp3) is 0.462. The lowest BCUT2D eigenvalue weighted by Crippen LogP contribution is -2.57. The Morgan fingerprint density at radius 1 is 1.29 bits per heavy atom. The zero-order valence-corrected chi connectivity index (χ0v) is 9.54. The smallest absolute Gasteiger partial charge is 0.324 e. The van der Waals surface area contributed by atoms with Crippen LogP contribution < -0.4 is 5.73 Å². The molecule has 0 bridgehead atoms. The molecule has 0 spiro atoms. The van der Waals surface area contributed by atoms with Gasteiger partial charge in [-0.1, -0.05) is 30.3 Å². The van der Waals surface area contributed by atoms with Crippen LogP contribution in [0.3, 0.4) is 0 Å². The third-order valence-corrected chi connectivity index (χ3v) is 3.58. The molecule has 2 rings (SSSR count). The Bertz CT molecular complexity index is 406. The van der Waals surface area contributed by atoms with Gasteiger partial charge in [0, 0.05) is 12.3 Å².